The molecule has 3 amide bonds. The number of methoxy groups -OCH3 is 1. The van der Waals surface area contributed by atoms with E-state index < -0.39 is 6.04 Å². The lowest BCUT2D eigenvalue weighted by atomic mass is 10.0. The molecule has 2 heterocycles. The predicted octanol–water partition coefficient (Wildman–Crippen LogP) is 1.38. The number of ether oxygens (including phenoxy) is 1. The third kappa shape index (κ3) is 4.07. The Balaban J connectivity index is 1.63. The van der Waals surface area contributed by atoms with E-state index in [0.717, 1.165) is 5.56 Å². The van der Waals surface area contributed by atoms with Gasteiger partial charge in [-0.3, -0.25) is 14.4 Å². The fourth-order valence-electron chi connectivity index (χ4n) is 3.56. The first-order valence-corrected chi connectivity index (χ1v) is 9.46. The zero-order chi connectivity index (χ0) is 19.6. The first-order chi connectivity index (χ1) is 12.9. The highest BCUT2D eigenvalue weighted by molar-refractivity contribution is 5.97. The van der Waals surface area contributed by atoms with E-state index in [4.69, 9.17) is 4.74 Å². The van der Waals surface area contributed by atoms with Crippen LogP contribution >= 0.6 is 0 Å². The van der Waals surface area contributed by atoms with Crippen LogP contribution in [0.4, 0.5) is 0 Å². The Hall–Kier alpha value is -2.57. The second kappa shape index (κ2) is 7.98. The smallest absolute Gasteiger partial charge is 0.257 e. The minimum Gasteiger partial charge on any atom is -0.496 e. The summed E-state index contributed by atoms with van der Waals surface area (Å²) in [6, 6.07) is 5.29. The Morgan fingerprint density at radius 3 is 2.37 bits per heavy atom. The zero-order valence-electron chi connectivity index (χ0n) is 16.2. The molecule has 2 aliphatic heterocycles. The summed E-state index contributed by atoms with van der Waals surface area (Å²) in [5, 5.41) is 2.71. The van der Waals surface area contributed by atoms with Crippen molar-refractivity contribution in [3.8, 4) is 5.75 Å². The molecule has 2 saturated heterocycles. The molecule has 7 heteroatoms. The van der Waals surface area contributed by atoms with Crippen LogP contribution in [0.3, 0.4) is 0 Å². The van der Waals surface area contributed by atoms with Crippen molar-refractivity contribution in [3.63, 3.8) is 0 Å². The molecular formula is C20H27N3O4. The number of rotatable bonds is 4. The topological polar surface area (TPSA) is 79.0 Å². The first-order valence-electron chi connectivity index (χ1n) is 9.46. The lowest BCUT2D eigenvalue weighted by molar-refractivity contribution is -0.135. The van der Waals surface area contributed by atoms with Gasteiger partial charge in [-0.05, 0) is 30.0 Å². The highest BCUT2D eigenvalue weighted by Crippen LogP contribution is 2.26. The monoisotopic (exact) mass is 373 g/mol. The van der Waals surface area contributed by atoms with E-state index in [1.807, 2.05) is 18.2 Å². The van der Waals surface area contributed by atoms with Crippen LogP contribution in [0.15, 0.2) is 18.2 Å². The second-order valence-electron chi connectivity index (χ2n) is 7.39. The Labute approximate surface area is 159 Å². The van der Waals surface area contributed by atoms with Gasteiger partial charge in [-0.15, -0.1) is 0 Å². The van der Waals surface area contributed by atoms with Crippen molar-refractivity contribution >= 4 is 17.7 Å². The molecule has 27 heavy (non-hydrogen) atoms. The molecule has 0 radical (unpaired) electrons. The van der Waals surface area contributed by atoms with Crippen molar-refractivity contribution < 1.29 is 19.1 Å². The van der Waals surface area contributed by atoms with Crippen LogP contribution in [0, 0.1) is 0 Å². The molecule has 7 nitrogen and oxygen atoms in total. The maximum atomic E-state index is 12.9. The number of amides is 3. The SMILES string of the molecule is COc1cc(C(C)C)ccc1C(=O)N1CCN(C(=O)C2CCC(=O)N2)CC1. The third-order valence-electron chi connectivity index (χ3n) is 5.29. The molecule has 0 saturated carbocycles. The van der Waals surface area contributed by atoms with E-state index in [1.165, 1.54) is 0 Å². The van der Waals surface area contributed by atoms with Gasteiger partial charge in [0.05, 0.1) is 12.7 Å². The quantitative estimate of drug-likeness (QED) is 0.865. The Kier molecular flexibility index (Phi) is 5.68. The highest BCUT2D eigenvalue weighted by atomic mass is 16.5. The molecule has 1 unspecified atom stereocenters. The molecule has 0 spiro atoms. The Bertz CT molecular complexity index is 739. The Morgan fingerprint density at radius 2 is 1.81 bits per heavy atom. The number of carbonyl (C=O) groups excluding carboxylic acids is 3. The number of piperazine rings is 1. The lowest BCUT2D eigenvalue weighted by Gasteiger charge is -2.36. The lowest BCUT2D eigenvalue weighted by Crippen LogP contribution is -2.54. The van der Waals surface area contributed by atoms with E-state index in [1.54, 1.807) is 16.9 Å². The van der Waals surface area contributed by atoms with Crippen LogP contribution in [0.5, 0.6) is 5.75 Å². The standard InChI is InChI=1S/C20H27N3O4/c1-13(2)14-4-5-15(17(12-14)27-3)19(25)22-8-10-23(11-9-22)20(26)16-6-7-18(24)21-16/h4-5,12-13,16H,6-11H2,1-3H3,(H,21,24). The van der Waals surface area contributed by atoms with Crippen LogP contribution < -0.4 is 10.1 Å². The molecule has 1 aromatic rings. The summed E-state index contributed by atoms with van der Waals surface area (Å²) in [6.07, 6.45) is 0.956. The van der Waals surface area contributed by atoms with Gasteiger partial charge in [0.15, 0.2) is 0 Å². The van der Waals surface area contributed by atoms with Crippen molar-refractivity contribution in [2.75, 3.05) is 33.3 Å². The molecule has 146 valence electrons. The molecule has 1 aromatic carbocycles. The summed E-state index contributed by atoms with van der Waals surface area (Å²) in [4.78, 5) is 40.2. The minimum atomic E-state index is -0.413. The van der Waals surface area contributed by atoms with Gasteiger partial charge in [-0.1, -0.05) is 19.9 Å². The average molecular weight is 373 g/mol. The number of nitrogens with zero attached hydrogens (tertiary/aromatic N) is 2. The number of nitrogens with one attached hydrogen (secondary N) is 1. The minimum absolute atomic E-state index is 0.0492. The maximum absolute atomic E-state index is 12.9. The summed E-state index contributed by atoms with van der Waals surface area (Å²) < 4.78 is 5.43. The molecule has 0 aliphatic carbocycles. The first kappa shape index (κ1) is 19.2. The molecule has 0 aromatic heterocycles. The number of hydrogen-bond acceptors (Lipinski definition) is 4. The van der Waals surface area contributed by atoms with E-state index in [0.29, 0.717) is 56.3 Å². The summed E-state index contributed by atoms with van der Waals surface area (Å²) in [6.45, 7) is 6.09. The van der Waals surface area contributed by atoms with Crippen LogP contribution in [-0.4, -0.2) is 66.9 Å². The van der Waals surface area contributed by atoms with Gasteiger partial charge in [0.1, 0.15) is 11.8 Å². The fourth-order valence-corrected chi connectivity index (χ4v) is 3.56. The van der Waals surface area contributed by atoms with E-state index in [9.17, 15) is 14.4 Å². The van der Waals surface area contributed by atoms with Crippen molar-refractivity contribution in [1.29, 1.82) is 0 Å². The van der Waals surface area contributed by atoms with Crippen LogP contribution in [0.1, 0.15) is 48.5 Å². The molecule has 0 bridgehead atoms. The van der Waals surface area contributed by atoms with Crippen molar-refractivity contribution in [2.24, 2.45) is 0 Å². The highest BCUT2D eigenvalue weighted by Gasteiger charge is 2.33. The summed E-state index contributed by atoms with van der Waals surface area (Å²) in [7, 11) is 1.57. The van der Waals surface area contributed by atoms with E-state index in [-0.39, 0.29) is 17.7 Å². The molecule has 2 fully saturated rings. The largest absolute Gasteiger partial charge is 0.496 e. The fraction of sp³-hybridized carbons (Fsp3) is 0.550. The summed E-state index contributed by atoms with van der Waals surface area (Å²) in [5.74, 6) is 0.737. The summed E-state index contributed by atoms with van der Waals surface area (Å²) >= 11 is 0. The molecular weight excluding hydrogens is 346 g/mol. The van der Waals surface area contributed by atoms with Crippen LogP contribution in [0.25, 0.3) is 0 Å². The normalized spacial score (nSPS) is 20.0. The van der Waals surface area contributed by atoms with Gasteiger partial charge in [-0.2, -0.15) is 0 Å². The van der Waals surface area contributed by atoms with E-state index in [2.05, 4.69) is 19.2 Å². The van der Waals surface area contributed by atoms with Gasteiger partial charge < -0.3 is 19.9 Å². The number of carbonyl (C=O) groups is 3. The number of benzene rings is 1. The van der Waals surface area contributed by atoms with Gasteiger partial charge in [0.2, 0.25) is 11.8 Å². The van der Waals surface area contributed by atoms with Gasteiger partial charge >= 0.3 is 0 Å². The number of hydrogen-bond donors (Lipinski definition) is 1. The van der Waals surface area contributed by atoms with Crippen molar-refractivity contribution in [1.82, 2.24) is 15.1 Å². The molecule has 3 rings (SSSR count). The van der Waals surface area contributed by atoms with Gasteiger partial charge in [0.25, 0.3) is 5.91 Å². The van der Waals surface area contributed by atoms with Crippen LogP contribution in [-0.2, 0) is 9.59 Å². The van der Waals surface area contributed by atoms with Crippen molar-refractivity contribution in [3.05, 3.63) is 29.3 Å². The van der Waals surface area contributed by atoms with Crippen LogP contribution in [0.2, 0.25) is 0 Å². The van der Waals surface area contributed by atoms with E-state index >= 15 is 0 Å². The summed E-state index contributed by atoms with van der Waals surface area (Å²) in [5.41, 5.74) is 1.67. The zero-order valence-corrected chi connectivity index (χ0v) is 16.2. The third-order valence-corrected chi connectivity index (χ3v) is 5.29. The molecule has 1 N–H and O–H groups in total. The average Bonchev–Trinajstić information content (AvgIpc) is 3.12. The van der Waals surface area contributed by atoms with Crippen molar-refractivity contribution in [2.45, 2.75) is 38.6 Å². The maximum Gasteiger partial charge on any atom is 0.257 e. The molecule has 1 atom stereocenters. The predicted molar refractivity (Wildman–Crippen MR) is 101 cm³/mol. The molecule has 2 aliphatic rings. The Morgan fingerprint density at radius 1 is 1.15 bits per heavy atom. The van der Waals surface area contributed by atoms with Gasteiger partial charge in [0, 0.05) is 32.6 Å². The second-order valence-corrected chi connectivity index (χ2v) is 7.39. The van der Waals surface area contributed by atoms with Gasteiger partial charge in [-0.25, -0.2) is 0 Å².